The number of nitrogens with zero attached hydrogens (tertiary/aromatic N) is 2. The molecule has 0 aromatic heterocycles. The number of carbonyl (C=O) groups excluding carboxylic acids is 1. The van der Waals surface area contributed by atoms with E-state index in [1.54, 1.807) is 4.90 Å². The molecule has 0 spiro atoms. The van der Waals surface area contributed by atoms with Crippen LogP contribution in [-0.2, 0) is 0 Å². The zero-order valence-corrected chi connectivity index (χ0v) is 10.3. The van der Waals surface area contributed by atoms with Crippen molar-refractivity contribution >= 4 is 23.2 Å². The molecule has 1 aliphatic heterocycles. The van der Waals surface area contributed by atoms with Crippen LogP contribution in [0.25, 0.3) is 0 Å². The predicted molar refractivity (Wildman–Crippen MR) is 67.8 cm³/mol. The maximum atomic E-state index is 12.2. The first-order valence-electron chi connectivity index (χ1n) is 5.48. The molecule has 0 unspecified atom stereocenters. The van der Waals surface area contributed by atoms with Crippen LogP contribution in [0, 0.1) is 10.1 Å². The van der Waals surface area contributed by atoms with Crippen molar-refractivity contribution in [2.45, 2.75) is 6.42 Å². The zero-order chi connectivity index (χ0) is 13.1. The van der Waals surface area contributed by atoms with Gasteiger partial charge in [-0.1, -0.05) is 29.8 Å². The summed E-state index contributed by atoms with van der Waals surface area (Å²) in [6.45, 7) is 1.12. The highest BCUT2D eigenvalue weighted by Crippen LogP contribution is 2.28. The maximum Gasteiger partial charge on any atom is 0.288 e. The first kappa shape index (κ1) is 12.6. The third kappa shape index (κ3) is 2.36. The summed E-state index contributed by atoms with van der Waals surface area (Å²) in [5.74, 6) is -0.270. The van der Waals surface area contributed by atoms with E-state index in [-0.39, 0.29) is 22.2 Å². The van der Waals surface area contributed by atoms with Gasteiger partial charge < -0.3 is 4.90 Å². The molecule has 6 heteroatoms. The predicted octanol–water partition coefficient (Wildman–Crippen LogP) is 2.65. The monoisotopic (exact) mass is 266 g/mol. The summed E-state index contributed by atoms with van der Waals surface area (Å²) < 4.78 is 0. The number of benzene rings is 1. The van der Waals surface area contributed by atoms with Crippen molar-refractivity contribution in [3.8, 4) is 0 Å². The minimum absolute atomic E-state index is 0.0953. The molecule has 0 bridgehead atoms. The zero-order valence-electron chi connectivity index (χ0n) is 9.51. The summed E-state index contributed by atoms with van der Waals surface area (Å²) in [6, 6.07) is 4.27. The molecule has 94 valence electrons. The quantitative estimate of drug-likeness (QED) is 0.470. The second-order valence-corrected chi connectivity index (χ2v) is 4.29. The lowest BCUT2D eigenvalue weighted by molar-refractivity contribution is -0.384. The van der Waals surface area contributed by atoms with Crippen LogP contribution in [0.15, 0.2) is 30.4 Å². The highest BCUT2D eigenvalue weighted by Gasteiger charge is 2.23. The molecule has 0 saturated heterocycles. The molecule has 18 heavy (non-hydrogen) atoms. The van der Waals surface area contributed by atoms with Crippen molar-refractivity contribution in [3.63, 3.8) is 0 Å². The van der Waals surface area contributed by atoms with Crippen molar-refractivity contribution < 1.29 is 9.72 Å². The van der Waals surface area contributed by atoms with Crippen LogP contribution in [0.1, 0.15) is 16.8 Å². The molecule has 0 atom stereocenters. The number of rotatable bonds is 2. The Bertz CT molecular complexity index is 528. The van der Waals surface area contributed by atoms with E-state index < -0.39 is 4.92 Å². The van der Waals surface area contributed by atoms with Gasteiger partial charge in [0, 0.05) is 19.2 Å². The SMILES string of the molecule is O=C(c1cccc([N+](=O)[O-])c1Cl)N1CC=CCC1. The lowest BCUT2D eigenvalue weighted by atomic mass is 10.1. The molecule has 0 aliphatic carbocycles. The highest BCUT2D eigenvalue weighted by molar-refractivity contribution is 6.35. The van der Waals surface area contributed by atoms with Gasteiger partial charge >= 0.3 is 0 Å². The number of nitro groups is 1. The van der Waals surface area contributed by atoms with E-state index in [1.807, 2.05) is 12.2 Å². The summed E-state index contributed by atoms with van der Waals surface area (Å²) in [6.07, 6.45) is 4.68. The van der Waals surface area contributed by atoms with E-state index in [0.717, 1.165) is 6.42 Å². The fraction of sp³-hybridized carbons (Fsp3) is 0.250. The first-order chi connectivity index (χ1) is 8.61. The van der Waals surface area contributed by atoms with Crippen LogP contribution < -0.4 is 0 Å². The van der Waals surface area contributed by atoms with Gasteiger partial charge in [-0.3, -0.25) is 14.9 Å². The molecule has 0 saturated carbocycles. The molecule has 1 heterocycles. The van der Waals surface area contributed by atoms with E-state index in [4.69, 9.17) is 11.6 Å². The van der Waals surface area contributed by atoms with Gasteiger partial charge in [-0.15, -0.1) is 0 Å². The Labute approximate surface area is 109 Å². The number of amides is 1. The van der Waals surface area contributed by atoms with Crippen molar-refractivity contribution in [3.05, 3.63) is 51.1 Å². The number of nitro benzene ring substituents is 1. The second-order valence-electron chi connectivity index (χ2n) is 3.91. The Balaban J connectivity index is 2.33. The third-order valence-corrected chi connectivity index (χ3v) is 3.15. The topological polar surface area (TPSA) is 63.4 Å². The minimum atomic E-state index is -0.588. The summed E-state index contributed by atoms with van der Waals surface area (Å²) in [7, 11) is 0. The van der Waals surface area contributed by atoms with Crippen LogP contribution in [0.4, 0.5) is 5.69 Å². The van der Waals surface area contributed by atoms with E-state index in [1.165, 1.54) is 18.2 Å². The standard InChI is InChI=1S/C12H11ClN2O3/c13-11-9(5-4-6-10(11)15(17)18)12(16)14-7-2-1-3-8-14/h1-2,4-6H,3,7-8H2. The molecule has 0 N–H and O–H groups in total. The highest BCUT2D eigenvalue weighted by atomic mass is 35.5. The smallest absolute Gasteiger partial charge is 0.288 e. The van der Waals surface area contributed by atoms with Crippen molar-refractivity contribution in [1.82, 2.24) is 4.90 Å². The molecule has 5 nitrogen and oxygen atoms in total. The van der Waals surface area contributed by atoms with Gasteiger partial charge in [0.2, 0.25) is 0 Å². The average molecular weight is 267 g/mol. The molecule has 0 fully saturated rings. The van der Waals surface area contributed by atoms with Gasteiger partial charge in [0.25, 0.3) is 11.6 Å². The van der Waals surface area contributed by atoms with Gasteiger partial charge in [0.05, 0.1) is 10.5 Å². The van der Waals surface area contributed by atoms with Gasteiger partial charge in [-0.05, 0) is 12.5 Å². The van der Waals surface area contributed by atoms with Crippen molar-refractivity contribution in [2.24, 2.45) is 0 Å². The van der Waals surface area contributed by atoms with Crippen molar-refractivity contribution in [1.29, 1.82) is 0 Å². The van der Waals surface area contributed by atoms with Crippen molar-refractivity contribution in [2.75, 3.05) is 13.1 Å². The van der Waals surface area contributed by atoms with Crippen LogP contribution >= 0.6 is 11.6 Å². The summed E-state index contributed by atoms with van der Waals surface area (Å²) in [5.41, 5.74) is -0.0590. The Hall–Kier alpha value is -1.88. The molecule has 1 aromatic carbocycles. The Morgan fingerprint density at radius 1 is 1.39 bits per heavy atom. The largest absolute Gasteiger partial charge is 0.335 e. The Morgan fingerprint density at radius 3 is 2.78 bits per heavy atom. The van der Waals surface area contributed by atoms with Gasteiger partial charge in [-0.25, -0.2) is 0 Å². The molecule has 1 aromatic rings. The molecular weight excluding hydrogens is 256 g/mol. The molecule has 1 amide bonds. The fourth-order valence-corrected chi connectivity index (χ4v) is 2.10. The van der Waals surface area contributed by atoms with E-state index in [0.29, 0.717) is 13.1 Å². The Morgan fingerprint density at radius 2 is 2.17 bits per heavy atom. The third-order valence-electron chi connectivity index (χ3n) is 2.75. The van der Waals surface area contributed by atoms with Crippen LogP contribution in [0.5, 0.6) is 0 Å². The average Bonchev–Trinajstić information content (AvgIpc) is 2.39. The summed E-state index contributed by atoms with van der Waals surface area (Å²) in [4.78, 5) is 24.0. The minimum Gasteiger partial charge on any atom is -0.335 e. The van der Waals surface area contributed by atoms with Gasteiger partial charge in [0.15, 0.2) is 0 Å². The fourth-order valence-electron chi connectivity index (χ4n) is 1.82. The number of hydrogen-bond acceptors (Lipinski definition) is 3. The summed E-state index contributed by atoms with van der Waals surface area (Å²) in [5, 5.41) is 10.7. The molecule has 1 aliphatic rings. The summed E-state index contributed by atoms with van der Waals surface area (Å²) >= 11 is 5.91. The van der Waals surface area contributed by atoms with Crippen LogP contribution in [0.3, 0.4) is 0 Å². The van der Waals surface area contributed by atoms with Crippen LogP contribution in [0.2, 0.25) is 5.02 Å². The van der Waals surface area contributed by atoms with Gasteiger partial charge in [-0.2, -0.15) is 0 Å². The maximum absolute atomic E-state index is 12.2. The first-order valence-corrected chi connectivity index (χ1v) is 5.86. The number of halogens is 1. The molecule has 0 radical (unpaired) electrons. The van der Waals surface area contributed by atoms with E-state index in [2.05, 4.69) is 0 Å². The number of hydrogen-bond donors (Lipinski definition) is 0. The van der Waals surface area contributed by atoms with E-state index >= 15 is 0 Å². The number of carbonyl (C=O) groups is 1. The van der Waals surface area contributed by atoms with E-state index in [9.17, 15) is 14.9 Å². The lowest BCUT2D eigenvalue weighted by Crippen LogP contribution is -2.33. The Kier molecular flexibility index (Phi) is 3.62. The second kappa shape index (κ2) is 5.18. The molecule has 2 rings (SSSR count). The van der Waals surface area contributed by atoms with Gasteiger partial charge in [0.1, 0.15) is 5.02 Å². The van der Waals surface area contributed by atoms with Crippen LogP contribution in [-0.4, -0.2) is 28.8 Å². The normalized spacial score (nSPS) is 14.6. The lowest BCUT2D eigenvalue weighted by Gasteiger charge is -2.23. The molecular formula is C12H11ClN2O3.